The highest BCUT2D eigenvalue weighted by Crippen LogP contribution is 2.33. The standard InChI is InChI=1S/C13H13ClN2O3/c1-18-13(17)9-4-2-3-8-7-15-12(16(8)9)10-5-6-11(14)19-10/h5-7,9H,2-4H2,1H3. The molecule has 1 aliphatic rings. The molecule has 2 aromatic rings. The third-order valence-electron chi connectivity index (χ3n) is 3.36. The van der Waals surface area contributed by atoms with E-state index >= 15 is 0 Å². The third-order valence-corrected chi connectivity index (χ3v) is 3.57. The SMILES string of the molecule is COC(=O)C1CCCc2cnc(-c3ccc(Cl)o3)n21. The van der Waals surface area contributed by atoms with Crippen LogP contribution in [-0.4, -0.2) is 22.6 Å². The summed E-state index contributed by atoms with van der Waals surface area (Å²) in [5.41, 5.74) is 1.02. The number of nitrogens with zero attached hydrogens (tertiary/aromatic N) is 2. The Morgan fingerprint density at radius 1 is 1.58 bits per heavy atom. The van der Waals surface area contributed by atoms with Crippen molar-refractivity contribution in [2.45, 2.75) is 25.3 Å². The van der Waals surface area contributed by atoms with Gasteiger partial charge in [0, 0.05) is 11.9 Å². The number of halogens is 1. The molecule has 1 unspecified atom stereocenters. The van der Waals surface area contributed by atoms with Crippen molar-refractivity contribution in [2.24, 2.45) is 0 Å². The van der Waals surface area contributed by atoms with Gasteiger partial charge in [0.1, 0.15) is 6.04 Å². The van der Waals surface area contributed by atoms with Crippen LogP contribution in [0.4, 0.5) is 0 Å². The zero-order valence-corrected chi connectivity index (χ0v) is 11.2. The summed E-state index contributed by atoms with van der Waals surface area (Å²) >= 11 is 5.79. The Bertz CT molecular complexity index is 617. The van der Waals surface area contributed by atoms with Gasteiger partial charge in [-0.3, -0.25) is 0 Å². The lowest BCUT2D eigenvalue weighted by atomic mass is 10.0. The van der Waals surface area contributed by atoms with Gasteiger partial charge >= 0.3 is 5.97 Å². The second-order valence-corrected chi connectivity index (χ2v) is 4.85. The maximum absolute atomic E-state index is 11.9. The van der Waals surface area contributed by atoms with Crippen LogP contribution in [0.15, 0.2) is 22.7 Å². The van der Waals surface area contributed by atoms with E-state index in [0.29, 0.717) is 16.8 Å². The number of ether oxygens (including phenoxy) is 1. The van der Waals surface area contributed by atoms with Crippen LogP contribution in [0.1, 0.15) is 24.6 Å². The lowest BCUT2D eigenvalue weighted by Gasteiger charge is -2.24. The lowest BCUT2D eigenvalue weighted by molar-refractivity contribution is -0.145. The second kappa shape index (κ2) is 4.74. The van der Waals surface area contributed by atoms with Gasteiger partial charge in [-0.2, -0.15) is 0 Å². The molecule has 3 heterocycles. The van der Waals surface area contributed by atoms with Crippen molar-refractivity contribution in [3.05, 3.63) is 29.2 Å². The van der Waals surface area contributed by atoms with E-state index in [9.17, 15) is 4.79 Å². The Labute approximate surface area is 115 Å². The number of methoxy groups -OCH3 is 1. The fourth-order valence-corrected chi connectivity index (χ4v) is 2.66. The number of aromatic nitrogens is 2. The van der Waals surface area contributed by atoms with E-state index in [-0.39, 0.29) is 12.0 Å². The van der Waals surface area contributed by atoms with Crippen LogP contribution in [0, 0.1) is 0 Å². The summed E-state index contributed by atoms with van der Waals surface area (Å²) in [6.07, 6.45) is 4.37. The number of hydrogen-bond acceptors (Lipinski definition) is 4. The quantitative estimate of drug-likeness (QED) is 0.794. The number of rotatable bonds is 2. The van der Waals surface area contributed by atoms with E-state index in [4.69, 9.17) is 20.8 Å². The third kappa shape index (κ3) is 2.04. The molecule has 6 heteroatoms. The summed E-state index contributed by atoms with van der Waals surface area (Å²) in [5.74, 6) is 0.932. The van der Waals surface area contributed by atoms with Crippen molar-refractivity contribution < 1.29 is 13.9 Å². The van der Waals surface area contributed by atoms with E-state index < -0.39 is 0 Å². The number of imidazole rings is 1. The molecule has 0 amide bonds. The highest BCUT2D eigenvalue weighted by molar-refractivity contribution is 6.28. The zero-order chi connectivity index (χ0) is 13.4. The molecule has 0 N–H and O–H groups in total. The highest BCUT2D eigenvalue weighted by atomic mass is 35.5. The molecule has 0 fully saturated rings. The fraction of sp³-hybridized carbons (Fsp3) is 0.385. The van der Waals surface area contributed by atoms with Crippen molar-refractivity contribution >= 4 is 17.6 Å². The Morgan fingerprint density at radius 2 is 2.42 bits per heavy atom. The van der Waals surface area contributed by atoms with E-state index in [1.165, 1.54) is 7.11 Å². The van der Waals surface area contributed by atoms with Crippen molar-refractivity contribution in [2.75, 3.05) is 7.11 Å². The van der Waals surface area contributed by atoms with E-state index in [1.54, 1.807) is 18.3 Å². The van der Waals surface area contributed by atoms with Crippen LogP contribution in [0.25, 0.3) is 11.6 Å². The van der Waals surface area contributed by atoms with Crippen LogP contribution in [0.3, 0.4) is 0 Å². The van der Waals surface area contributed by atoms with Gasteiger partial charge in [0.2, 0.25) is 0 Å². The molecule has 3 rings (SSSR count). The number of carbonyl (C=O) groups excluding carboxylic acids is 1. The van der Waals surface area contributed by atoms with Crippen molar-refractivity contribution in [1.29, 1.82) is 0 Å². The molecule has 0 aromatic carbocycles. The highest BCUT2D eigenvalue weighted by Gasteiger charge is 2.30. The Hall–Kier alpha value is -1.75. The molecule has 19 heavy (non-hydrogen) atoms. The molecule has 2 aromatic heterocycles. The van der Waals surface area contributed by atoms with E-state index in [2.05, 4.69) is 4.98 Å². The lowest BCUT2D eigenvalue weighted by Crippen LogP contribution is -2.26. The minimum absolute atomic E-state index is 0.252. The average Bonchev–Trinajstić information content (AvgIpc) is 3.03. The first-order valence-electron chi connectivity index (χ1n) is 6.10. The summed E-state index contributed by atoms with van der Waals surface area (Å²) in [6.45, 7) is 0. The van der Waals surface area contributed by atoms with Gasteiger partial charge in [-0.1, -0.05) is 0 Å². The van der Waals surface area contributed by atoms with Crippen molar-refractivity contribution in [3.63, 3.8) is 0 Å². The van der Waals surface area contributed by atoms with Crippen molar-refractivity contribution in [3.8, 4) is 11.6 Å². The topological polar surface area (TPSA) is 57.3 Å². The number of furan rings is 1. The normalized spacial score (nSPS) is 18.1. The molecule has 0 aliphatic carbocycles. The first-order chi connectivity index (χ1) is 9.20. The summed E-state index contributed by atoms with van der Waals surface area (Å²) in [7, 11) is 1.40. The number of aryl methyl sites for hydroxylation is 1. The molecule has 0 radical (unpaired) electrons. The second-order valence-electron chi connectivity index (χ2n) is 4.48. The van der Waals surface area contributed by atoms with Gasteiger partial charge in [-0.25, -0.2) is 9.78 Å². The summed E-state index contributed by atoms with van der Waals surface area (Å²) in [4.78, 5) is 16.2. The predicted octanol–water partition coefficient (Wildman–Crippen LogP) is 2.85. The van der Waals surface area contributed by atoms with Gasteiger partial charge in [0.05, 0.1) is 7.11 Å². The molecule has 1 aliphatic heterocycles. The predicted molar refractivity (Wildman–Crippen MR) is 68.9 cm³/mol. The molecule has 0 saturated heterocycles. The van der Waals surface area contributed by atoms with Crippen LogP contribution in [-0.2, 0) is 16.0 Å². The van der Waals surface area contributed by atoms with Gasteiger partial charge in [0.15, 0.2) is 16.8 Å². The number of esters is 1. The zero-order valence-electron chi connectivity index (χ0n) is 10.4. The minimum atomic E-state index is -0.338. The maximum Gasteiger partial charge on any atom is 0.328 e. The number of fused-ring (bicyclic) bond motifs is 1. The summed E-state index contributed by atoms with van der Waals surface area (Å²) in [6, 6.07) is 3.07. The molecular weight excluding hydrogens is 268 g/mol. The first kappa shape index (κ1) is 12.3. The summed E-state index contributed by atoms with van der Waals surface area (Å²) < 4.78 is 12.1. The minimum Gasteiger partial charge on any atom is -0.467 e. The summed E-state index contributed by atoms with van der Waals surface area (Å²) in [5, 5.41) is 0.303. The maximum atomic E-state index is 11.9. The molecule has 1 atom stereocenters. The molecular formula is C13H13ClN2O3. The van der Waals surface area contributed by atoms with Crippen LogP contribution in [0.5, 0.6) is 0 Å². The monoisotopic (exact) mass is 280 g/mol. The number of hydrogen-bond donors (Lipinski definition) is 0. The first-order valence-corrected chi connectivity index (χ1v) is 6.48. The Balaban J connectivity index is 2.09. The van der Waals surface area contributed by atoms with Gasteiger partial charge in [-0.15, -0.1) is 0 Å². The molecule has 0 bridgehead atoms. The van der Waals surface area contributed by atoms with Gasteiger partial charge < -0.3 is 13.7 Å². The largest absolute Gasteiger partial charge is 0.467 e. The van der Waals surface area contributed by atoms with Crippen LogP contribution < -0.4 is 0 Å². The van der Waals surface area contributed by atoms with E-state index in [0.717, 1.165) is 25.0 Å². The van der Waals surface area contributed by atoms with Gasteiger partial charge in [-0.05, 0) is 43.0 Å². The molecule has 0 saturated carbocycles. The van der Waals surface area contributed by atoms with Gasteiger partial charge in [0.25, 0.3) is 0 Å². The van der Waals surface area contributed by atoms with E-state index in [1.807, 2.05) is 4.57 Å². The molecule has 100 valence electrons. The molecule has 0 spiro atoms. The Morgan fingerprint density at radius 3 is 3.11 bits per heavy atom. The van der Waals surface area contributed by atoms with Crippen LogP contribution >= 0.6 is 11.6 Å². The molecule has 5 nitrogen and oxygen atoms in total. The van der Waals surface area contributed by atoms with Crippen molar-refractivity contribution in [1.82, 2.24) is 9.55 Å². The Kier molecular flexibility index (Phi) is 3.06. The number of carbonyl (C=O) groups is 1. The average molecular weight is 281 g/mol. The fourth-order valence-electron chi connectivity index (χ4n) is 2.51. The smallest absolute Gasteiger partial charge is 0.328 e. The van der Waals surface area contributed by atoms with Crippen LogP contribution in [0.2, 0.25) is 5.22 Å².